The number of amides is 1. The highest BCUT2D eigenvalue weighted by atomic mass is 16.5. The van der Waals surface area contributed by atoms with Gasteiger partial charge in [0.2, 0.25) is 0 Å². The van der Waals surface area contributed by atoms with Crippen molar-refractivity contribution in [1.82, 2.24) is 5.32 Å². The number of anilines is 1. The predicted molar refractivity (Wildman–Crippen MR) is 73.5 cm³/mol. The molecule has 0 heterocycles. The Kier molecular flexibility index (Phi) is 5.01. The first-order chi connectivity index (χ1) is 8.49. The van der Waals surface area contributed by atoms with Crippen molar-refractivity contribution in [2.24, 2.45) is 0 Å². The minimum atomic E-state index is -0.157. The highest BCUT2D eigenvalue weighted by Crippen LogP contribution is 2.15. The summed E-state index contributed by atoms with van der Waals surface area (Å²) in [7, 11) is 0. The number of ether oxygens (including phenoxy) is 1. The van der Waals surface area contributed by atoms with Gasteiger partial charge >= 0.3 is 0 Å². The van der Waals surface area contributed by atoms with Crippen LogP contribution >= 0.6 is 0 Å². The zero-order chi connectivity index (χ0) is 13.6. The molecule has 0 atom stereocenters. The van der Waals surface area contributed by atoms with Crippen molar-refractivity contribution >= 4 is 11.6 Å². The Hall–Kier alpha value is -1.71. The summed E-state index contributed by atoms with van der Waals surface area (Å²) in [5.41, 5.74) is 6.10. The predicted octanol–water partition coefficient (Wildman–Crippen LogP) is 2.34. The van der Waals surface area contributed by atoms with Gasteiger partial charge in [0.1, 0.15) is 5.75 Å². The van der Waals surface area contributed by atoms with Crippen molar-refractivity contribution in [2.45, 2.75) is 39.2 Å². The van der Waals surface area contributed by atoms with E-state index in [0.29, 0.717) is 11.4 Å². The smallest absolute Gasteiger partial charge is 0.258 e. The van der Waals surface area contributed by atoms with Crippen molar-refractivity contribution in [1.29, 1.82) is 0 Å². The molecule has 1 amide bonds. The SMILES string of the molecule is CCC(C)(CC)NC(=O)COc1cccc(N)c1. The highest BCUT2D eigenvalue weighted by Gasteiger charge is 2.21. The second-order valence-corrected chi connectivity index (χ2v) is 4.68. The Labute approximate surface area is 109 Å². The minimum absolute atomic E-state index is 0.0129. The number of nitrogen functional groups attached to an aromatic ring is 1. The fourth-order valence-electron chi connectivity index (χ4n) is 1.55. The number of carbonyl (C=O) groups is 1. The van der Waals surface area contributed by atoms with E-state index in [1.165, 1.54) is 0 Å². The first-order valence-electron chi connectivity index (χ1n) is 6.28. The van der Waals surface area contributed by atoms with E-state index < -0.39 is 0 Å². The number of hydrogen-bond donors (Lipinski definition) is 2. The fourth-order valence-corrected chi connectivity index (χ4v) is 1.55. The lowest BCUT2D eigenvalue weighted by Crippen LogP contribution is -2.46. The first kappa shape index (κ1) is 14.4. The summed E-state index contributed by atoms with van der Waals surface area (Å²) in [5.74, 6) is 0.503. The molecular formula is C14H22N2O2. The molecule has 1 rings (SSSR count). The van der Waals surface area contributed by atoms with E-state index in [1.807, 2.05) is 6.92 Å². The largest absolute Gasteiger partial charge is 0.484 e. The minimum Gasteiger partial charge on any atom is -0.484 e. The zero-order valence-electron chi connectivity index (χ0n) is 11.3. The van der Waals surface area contributed by atoms with Gasteiger partial charge < -0.3 is 15.8 Å². The van der Waals surface area contributed by atoms with Crippen LogP contribution < -0.4 is 15.8 Å². The molecular weight excluding hydrogens is 228 g/mol. The van der Waals surface area contributed by atoms with E-state index in [4.69, 9.17) is 10.5 Å². The molecule has 1 aromatic carbocycles. The standard InChI is InChI=1S/C14H22N2O2/c1-4-14(3,5-2)16-13(17)10-18-12-8-6-7-11(15)9-12/h6-9H,4-5,10,15H2,1-3H3,(H,16,17). The lowest BCUT2D eigenvalue weighted by molar-refractivity contribution is -0.125. The van der Waals surface area contributed by atoms with Crippen molar-refractivity contribution in [3.8, 4) is 5.75 Å². The topological polar surface area (TPSA) is 64.3 Å². The lowest BCUT2D eigenvalue weighted by atomic mass is 9.96. The van der Waals surface area contributed by atoms with Gasteiger partial charge in [0.25, 0.3) is 5.91 Å². The van der Waals surface area contributed by atoms with Gasteiger partial charge in [0, 0.05) is 17.3 Å². The third-order valence-electron chi connectivity index (χ3n) is 3.23. The quantitative estimate of drug-likeness (QED) is 0.762. The van der Waals surface area contributed by atoms with Crippen LogP contribution in [0.25, 0.3) is 0 Å². The third-order valence-corrected chi connectivity index (χ3v) is 3.23. The molecule has 100 valence electrons. The Balaban J connectivity index is 2.47. The van der Waals surface area contributed by atoms with Crippen LogP contribution in [0.5, 0.6) is 5.75 Å². The monoisotopic (exact) mass is 250 g/mol. The van der Waals surface area contributed by atoms with E-state index in [-0.39, 0.29) is 18.1 Å². The molecule has 1 aromatic rings. The molecule has 0 saturated heterocycles. The summed E-state index contributed by atoms with van der Waals surface area (Å²) in [6.45, 7) is 6.16. The summed E-state index contributed by atoms with van der Waals surface area (Å²) < 4.78 is 5.39. The molecule has 0 fully saturated rings. The van der Waals surface area contributed by atoms with Gasteiger partial charge in [-0.1, -0.05) is 19.9 Å². The number of rotatable bonds is 6. The van der Waals surface area contributed by atoms with Crippen molar-refractivity contribution in [3.63, 3.8) is 0 Å². The molecule has 0 aliphatic carbocycles. The van der Waals surface area contributed by atoms with Crippen molar-refractivity contribution in [3.05, 3.63) is 24.3 Å². The Bertz CT molecular complexity index is 401. The van der Waals surface area contributed by atoms with Crippen LogP contribution in [0.15, 0.2) is 24.3 Å². The van der Waals surface area contributed by atoms with Crippen molar-refractivity contribution < 1.29 is 9.53 Å². The first-order valence-corrected chi connectivity index (χ1v) is 6.28. The van der Waals surface area contributed by atoms with Gasteiger partial charge in [-0.2, -0.15) is 0 Å². The third kappa shape index (κ3) is 4.28. The van der Waals surface area contributed by atoms with Crippen LogP contribution in [0.4, 0.5) is 5.69 Å². The zero-order valence-corrected chi connectivity index (χ0v) is 11.3. The normalized spacial score (nSPS) is 11.1. The second-order valence-electron chi connectivity index (χ2n) is 4.68. The molecule has 4 heteroatoms. The maximum Gasteiger partial charge on any atom is 0.258 e. The van der Waals surface area contributed by atoms with Gasteiger partial charge in [-0.25, -0.2) is 0 Å². The van der Waals surface area contributed by atoms with E-state index >= 15 is 0 Å². The van der Waals surface area contributed by atoms with Crippen LogP contribution in [0.2, 0.25) is 0 Å². The molecule has 4 nitrogen and oxygen atoms in total. The summed E-state index contributed by atoms with van der Waals surface area (Å²) in [6.07, 6.45) is 1.79. The van der Waals surface area contributed by atoms with Gasteiger partial charge in [0.05, 0.1) is 0 Å². The molecule has 18 heavy (non-hydrogen) atoms. The molecule has 0 unspecified atom stereocenters. The highest BCUT2D eigenvalue weighted by molar-refractivity contribution is 5.78. The number of carbonyl (C=O) groups excluding carboxylic acids is 1. The average Bonchev–Trinajstić information content (AvgIpc) is 2.36. The number of hydrogen-bond acceptors (Lipinski definition) is 3. The van der Waals surface area contributed by atoms with Crippen LogP contribution in [0, 0.1) is 0 Å². The average molecular weight is 250 g/mol. The Morgan fingerprint density at radius 1 is 1.39 bits per heavy atom. The van der Waals surface area contributed by atoms with Crippen LogP contribution in [0.1, 0.15) is 33.6 Å². The summed E-state index contributed by atoms with van der Waals surface area (Å²) >= 11 is 0. The van der Waals surface area contributed by atoms with E-state index in [1.54, 1.807) is 24.3 Å². The van der Waals surface area contributed by atoms with E-state index in [9.17, 15) is 4.79 Å². The van der Waals surface area contributed by atoms with E-state index in [2.05, 4.69) is 19.2 Å². The second kappa shape index (κ2) is 6.28. The lowest BCUT2D eigenvalue weighted by Gasteiger charge is -2.28. The maximum absolute atomic E-state index is 11.8. The van der Waals surface area contributed by atoms with Crippen LogP contribution in [-0.2, 0) is 4.79 Å². The van der Waals surface area contributed by atoms with E-state index in [0.717, 1.165) is 12.8 Å². The van der Waals surface area contributed by atoms with Gasteiger partial charge in [0.15, 0.2) is 6.61 Å². The van der Waals surface area contributed by atoms with Gasteiger partial charge in [-0.3, -0.25) is 4.79 Å². The summed E-state index contributed by atoms with van der Waals surface area (Å²) in [6, 6.07) is 7.05. The van der Waals surface area contributed by atoms with Crippen LogP contribution in [-0.4, -0.2) is 18.1 Å². The molecule has 0 bridgehead atoms. The van der Waals surface area contributed by atoms with Gasteiger partial charge in [-0.05, 0) is 31.9 Å². The molecule has 0 aromatic heterocycles. The summed E-state index contributed by atoms with van der Waals surface area (Å²) in [4.78, 5) is 11.8. The molecule has 0 aliphatic heterocycles. The Morgan fingerprint density at radius 2 is 2.06 bits per heavy atom. The molecule has 0 saturated carbocycles. The molecule has 0 spiro atoms. The maximum atomic E-state index is 11.8. The molecule has 3 N–H and O–H groups in total. The summed E-state index contributed by atoms with van der Waals surface area (Å²) in [5, 5.41) is 2.98. The fraction of sp³-hybridized carbons (Fsp3) is 0.500. The van der Waals surface area contributed by atoms with Gasteiger partial charge in [-0.15, -0.1) is 0 Å². The van der Waals surface area contributed by atoms with Crippen molar-refractivity contribution in [2.75, 3.05) is 12.3 Å². The molecule has 0 aliphatic rings. The van der Waals surface area contributed by atoms with Crippen LogP contribution in [0.3, 0.4) is 0 Å². The molecule has 0 radical (unpaired) electrons. The number of nitrogens with one attached hydrogen (secondary N) is 1. The number of nitrogens with two attached hydrogens (primary N) is 1. The Morgan fingerprint density at radius 3 is 2.61 bits per heavy atom. The number of benzene rings is 1.